The monoisotopic (exact) mass is 286 g/mol. The summed E-state index contributed by atoms with van der Waals surface area (Å²) >= 11 is 0. The first-order valence-electron chi connectivity index (χ1n) is 7.60. The van der Waals surface area contributed by atoms with Crippen LogP contribution in [0.25, 0.3) is 0 Å². The molecule has 1 aliphatic carbocycles. The molecule has 1 aromatic carbocycles. The van der Waals surface area contributed by atoms with E-state index in [2.05, 4.69) is 19.6 Å². The standard InChI is InChI=1S/C19H26O2/c1-10(2)15-8-7-11(3)9-16(15)17-18(20)13(5)12(4)14(6)19(17)21/h9,15-16,20-21H,1,7-8H2,2-6H3/t15-,16?/m0/s1. The van der Waals surface area contributed by atoms with Gasteiger partial charge < -0.3 is 10.2 Å². The SMILES string of the molecule is C=C(C)[C@@H]1CCC(C)=CC1c1c(O)c(C)c(C)c(C)c1O. The average molecular weight is 286 g/mol. The molecule has 0 saturated carbocycles. The molecule has 0 spiro atoms. The number of phenolic OH excluding ortho intramolecular Hbond substituents is 2. The summed E-state index contributed by atoms with van der Waals surface area (Å²) in [6.07, 6.45) is 4.26. The second-order valence-corrected chi connectivity index (χ2v) is 6.52. The molecule has 0 bridgehead atoms. The van der Waals surface area contributed by atoms with Crippen molar-refractivity contribution in [1.82, 2.24) is 0 Å². The molecule has 0 aromatic heterocycles. The van der Waals surface area contributed by atoms with Gasteiger partial charge in [0, 0.05) is 11.5 Å². The summed E-state index contributed by atoms with van der Waals surface area (Å²) in [5.41, 5.74) is 5.76. The molecule has 2 rings (SSSR count). The van der Waals surface area contributed by atoms with Gasteiger partial charge in [0.05, 0.1) is 0 Å². The number of hydrogen-bond acceptors (Lipinski definition) is 2. The van der Waals surface area contributed by atoms with Crippen molar-refractivity contribution >= 4 is 0 Å². The number of aromatic hydroxyl groups is 2. The minimum absolute atomic E-state index is 0.00856. The highest BCUT2D eigenvalue weighted by atomic mass is 16.3. The van der Waals surface area contributed by atoms with E-state index in [4.69, 9.17) is 0 Å². The van der Waals surface area contributed by atoms with Gasteiger partial charge in [0.1, 0.15) is 11.5 Å². The van der Waals surface area contributed by atoms with Crippen LogP contribution in [0, 0.1) is 26.7 Å². The molecule has 1 aromatic rings. The molecule has 1 unspecified atom stereocenters. The van der Waals surface area contributed by atoms with Crippen molar-refractivity contribution in [3.05, 3.63) is 46.1 Å². The lowest BCUT2D eigenvalue weighted by molar-refractivity contribution is 0.402. The second kappa shape index (κ2) is 5.59. The summed E-state index contributed by atoms with van der Waals surface area (Å²) in [7, 11) is 0. The van der Waals surface area contributed by atoms with Crippen molar-refractivity contribution in [3.8, 4) is 11.5 Å². The lowest BCUT2D eigenvalue weighted by Crippen LogP contribution is -2.17. The Bertz CT molecular complexity index is 594. The summed E-state index contributed by atoms with van der Waals surface area (Å²) in [6.45, 7) is 14.0. The summed E-state index contributed by atoms with van der Waals surface area (Å²) in [6, 6.07) is 0. The van der Waals surface area contributed by atoms with E-state index in [0.29, 0.717) is 5.56 Å². The van der Waals surface area contributed by atoms with Gasteiger partial charge in [-0.05, 0) is 70.1 Å². The highest BCUT2D eigenvalue weighted by molar-refractivity contribution is 5.60. The minimum atomic E-state index is 0.00856. The van der Waals surface area contributed by atoms with E-state index in [0.717, 1.165) is 35.1 Å². The van der Waals surface area contributed by atoms with Gasteiger partial charge in [-0.1, -0.05) is 23.8 Å². The smallest absolute Gasteiger partial charge is 0.126 e. The fraction of sp³-hybridized carbons (Fsp3) is 0.474. The van der Waals surface area contributed by atoms with Gasteiger partial charge >= 0.3 is 0 Å². The van der Waals surface area contributed by atoms with Gasteiger partial charge in [-0.3, -0.25) is 0 Å². The van der Waals surface area contributed by atoms with Crippen molar-refractivity contribution in [2.75, 3.05) is 0 Å². The fourth-order valence-corrected chi connectivity index (χ4v) is 3.37. The fourth-order valence-electron chi connectivity index (χ4n) is 3.37. The first-order chi connectivity index (χ1) is 9.75. The Morgan fingerprint density at radius 2 is 1.57 bits per heavy atom. The molecule has 114 valence electrons. The number of phenols is 2. The molecule has 0 radical (unpaired) electrons. The lowest BCUT2D eigenvalue weighted by Gasteiger charge is -2.32. The van der Waals surface area contributed by atoms with Gasteiger partial charge in [-0.25, -0.2) is 0 Å². The highest BCUT2D eigenvalue weighted by Gasteiger charge is 2.31. The van der Waals surface area contributed by atoms with E-state index in [1.807, 2.05) is 27.7 Å². The van der Waals surface area contributed by atoms with E-state index in [-0.39, 0.29) is 23.3 Å². The van der Waals surface area contributed by atoms with E-state index < -0.39 is 0 Å². The Labute approximate surface area is 127 Å². The summed E-state index contributed by atoms with van der Waals surface area (Å²) in [5, 5.41) is 21.2. The van der Waals surface area contributed by atoms with Crippen molar-refractivity contribution in [1.29, 1.82) is 0 Å². The van der Waals surface area contributed by atoms with E-state index in [9.17, 15) is 10.2 Å². The predicted octanol–water partition coefficient (Wildman–Crippen LogP) is 5.04. The lowest BCUT2D eigenvalue weighted by atomic mass is 9.73. The maximum Gasteiger partial charge on any atom is 0.126 e. The molecule has 0 amide bonds. The van der Waals surface area contributed by atoms with Crippen LogP contribution in [0.15, 0.2) is 23.8 Å². The molecule has 1 aliphatic rings. The summed E-state index contributed by atoms with van der Waals surface area (Å²) in [4.78, 5) is 0. The van der Waals surface area contributed by atoms with Crippen molar-refractivity contribution < 1.29 is 10.2 Å². The van der Waals surface area contributed by atoms with Crippen molar-refractivity contribution in [2.45, 2.75) is 53.4 Å². The third-order valence-corrected chi connectivity index (χ3v) is 5.06. The zero-order valence-corrected chi connectivity index (χ0v) is 13.7. The van der Waals surface area contributed by atoms with Crippen LogP contribution in [-0.2, 0) is 0 Å². The number of allylic oxidation sites excluding steroid dienone is 3. The van der Waals surface area contributed by atoms with E-state index in [1.54, 1.807) is 0 Å². The third kappa shape index (κ3) is 2.59. The number of hydrogen-bond donors (Lipinski definition) is 2. The van der Waals surface area contributed by atoms with Gasteiger partial charge in [0.2, 0.25) is 0 Å². The zero-order valence-electron chi connectivity index (χ0n) is 13.7. The highest BCUT2D eigenvalue weighted by Crippen LogP contribution is 2.48. The van der Waals surface area contributed by atoms with Crippen LogP contribution >= 0.6 is 0 Å². The Morgan fingerprint density at radius 3 is 2.05 bits per heavy atom. The molecule has 2 N–H and O–H groups in total. The molecule has 2 nitrogen and oxygen atoms in total. The zero-order chi connectivity index (χ0) is 15.9. The first-order valence-corrected chi connectivity index (χ1v) is 7.60. The van der Waals surface area contributed by atoms with Crippen LogP contribution in [0.1, 0.15) is 54.9 Å². The van der Waals surface area contributed by atoms with Crippen LogP contribution in [0.2, 0.25) is 0 Å². The molecule has 21 heavy (non-hydrogen) atoms. The average Bonchev–Trinajstić information content (AvgIpc) is 2.43. The largest absolute Gasteiger partial charge is 0.507 e. The van der Waals surface area contributed by atoms with Crippen LogP contribution in [-0.4, -0.2) is 10.2 Å². The Morgan fingerprint density at radius 1 is 1.05 bits per heavy atom. The number of benzene rings is 1. The van der Waals surface area contributed by atoms with Crippen molar-refractivity contribution in [2.24, 2.45) is 5.92 Å². The summed E-state index contributed by atoms with van der Waals surface area (Å²) in [5.74, 6) is 0.747. The van der Waals surface area contributed by atoms with E-state index in [1.165, 1.54) is 5.57 Å². The summed E-state index contributed by atoms with van der Waals surface area (Å²) < 4.78 is 0. The number of rotatable bonds is 2. The predicted molar refractivity (Wildman–Crippen MR) is 88.0 cm³/mol. The topological polar surface area (TPSA) is 40.5 Å². The van der Waals surface area contributed by atoms with Crippen LogP contribution in [0.5, 0.6) is 11.5 Å². The Balaban J connectivity index is 2.69. The molecular formula is C19H26O2. The Kier molecular flexibility index (Phi) is 4.18. The molecule has 0 aliphatic heterocycles. The third-order valence-electron chi connectivity index (χ3n) is 5.06. The normalized spacial score (nSPS) is 22.0. The Hall–Kier alpha value is -1.70. The van der Waals surface area contributed by atoms with Crippen LogP contribution in [0.4, 0.5) is 0 Å². The van der Waals surface area contributed by atoms with Crippen molar-refractivity contribution in [3.63, 3.8) is 0 Å². The molecule has 0 heterocycles. The first kappa shape index (κ1) is 15.7. The van der Waals surface area contributed by atoms with Gasteiger partial charge in [0.25, 0.3) is 0 Å². The van der Waals surface area contributed by atoms with Crippen LogP contribution < -0.4 is 0 Å². The maximum absolute atomic E-state index is 10.6. The second-order valence-electron chi connectivity index (χ2n) is 6.52. The molecular weight excluding hydrogens is 260 g/mol. The van der Waals surface area contributed by atoms with Crippen LogP contribution in [0.3, 0.4) is 0 Å². The molecule has 2 heteroatoms. The van der Waals surface area contributed by atoms with Gasteiger partial charge in [-0.15, -0.1) is 0 Å². The molecule has 0 saturated heterocycles. The minimum Gasteiger partial charge on any atom is -0.507 e. The molecule has 2 atom stereocenters. The maximum atomic E-state index is 10.6. The molecule has 0 fully saturated rings. The van der Waals surface area contributed by atoms with Gasteiger partial charge in [0.15, 0.2) is 0 Å². The quantitative estimate of drug-likeness (QED) is 0.748. The van der Waals surface area contributed by atoms with Gasteiger partial charge in [-0.2, -0.15) is 0 Å². The van der Waals surface area contributed by atoms with E-state index >= 15 is 0 Å².